The van der Waals surface area contributed by atoms with Gasteiger partial charge in [0.25, 0.3) is 0 Å². The zero-order valence-electron chi connectivity index (χ0n) is 11.8. The highest BCUT2D eigenvalue weighted by molar-refractivity contribution is 6.30. The first kappa shape index (κ1) is 15.9. The van der Waals surface area contributed by atoms with Crippen LogP contribution in [0.1, 0.15) is 37.7 Å². The van der Waals surface area contributed by atoms with Crippen LogP contribution in [0.2, 0.25) is 5.02 Å². The number of hydrogen-bond acceptors (Lipinski definition) is 3. The first-order valence-corrected chi connectivity index (χ1v) is 7.42. The Hall–Kier alpha value is -1.44. The van der Waals surface area contributed by atoms with Crippen molar-refractivity contribution in [2.24, 2.45) is 5.92 Å². The standard InChI is InChI=1S/C16H17ClFNO2/c1-2-21-11-6-10(7-11)8-15(20)13(9-19)12-4-3-5-14(17)16(12)18/h3-5,10-11,13H,2,6-8H2,1H3. The van der Waals surface area contributed by atoms with Gasteiger partial charge < -0.3 is 4.74 Å². The van der Waals surface area contributed by atoms with E-state index in [1.54, 1.807) is 6.07 Å². The van der Waals surface area contributed by atoms with E-state index in [0.717, 1.165) is 12.8 Å². The van der Waals surface area contributed by atoms with Gasteiger partial charge >= 0.3 is 0 Å². The van der Waals surface area contributed by atoms with E-state index in [-0.39, 0.29) is 34.8 Å². The molecular formula is C16H17ClFNO2. The molecule has 21 heavy (non-hydrogen) atoms. The molecule has 0 aromatic heterocycles. The number of hydrogen-bond donors (Lipinski definition) is 0. The number of nitrogens with zero attached hydrogens (tertiary/aromatic N) is 1. The third-order valence-corrected chi connectivity index (χ3v) is 4.12. The van der Waals surface area contributed by atoms with Crippen molar-refractivity contribution in [3.8, 4) is 6.07 Å². The van der Waals surface area contributed by atoms with E-state index in [4.69, 9.17) is 16.3 Å². The molecule has 0 aliphatic heterocycles. The van der Waals surface area contributed by atoms with Gasteiger partial charge in [0.15, 0.2) is 5.78 Å². The maximum atomic E-state index is 13.9. The van der Waals surface area contributed by atoms with Crippen molar-refractivity contribution >= 4 is 17.4 Å². The minimum Gasteiger partial charge on any atom is -0.378 e. The van der Waals surface area contributed by atoms with Gasteiger partial charge in [0, 0.05) is 18.6 Å². The lowest BCUT2D eigenvalue weighted by Gasteiger charge is -2.34. The summed E-state index contributed by atoms with van der Waals surface area (Å²) in [6, 6.07) is 6.29. The van der Waals surface area contributed by atoms with E-state index < -0.39 is 11.7 Å². The summed E-state index contributed by atoms with van der Waals surface area (Å²) in [6.07, 6.45) is 2.16. The zero-order valence-corrected chi connectivity index (χ0v) is 12.6. The summed E-state index contributed by atoms with van der Waals surface area (Å²) in [5.41, 5.74) is 0.0654. The maximum absolute atomic E-state index is 13.9. The van der Waals surface area contributed by atoms with E-state index in [1.807, 2.05) is 13.0 Å². The molecule has 1 aliphatic carbocycles. The molecule has 1 saturated carbocycles. The van der Waals surface area contributed by atoms with Crippen LogP contribution in [0.15, 0.2) is 18.2 Å². The zero-order chi connectivity index (χ0) is 15.4. The molecule has 1 aromatic carbocycles. The number of rotatable bonds is 6. The molecule has 112 valence electrons. The average molecular weight is 310 g/mol. The van der Waals surface area contributed by atoms with Crippen LogP contribution in [-0.4, -0.2) is 18.5 Å². The number of carbonyl (C=O) groups excluding carboxylic acids is 1. The lowest BCUT2D eigenvalue weighted by Crippen LogP contribution is -2.33. The number of ether oxygens (including phenoxy) is 1. The molecule has 0 radical (unpaired) electrons. The monoisotopic (exact) mass is 309 g/mol. The molecule has 0 amide bonds. The molecule has 5 heteroatoms. The van der Waals surface area contributed by atoms with E-state index in [9.17, 15) is 14.4 Å². The Morgan fingerprint density at radius 2 is 2.29 bits per heavy atom. The summed E-state index contributed by atoms with van der Waals surface area (Å²) in [6.45, 7) is 2.60. The molecule has 1 fully saturated rings. The first-order valence-electron chi connectivity index (χ1n) is 7.04. The normalized spacial score (nSPS) is 22.2. The largest absolute Gasteiger partial charge is 0.378 e. The van der Waals surface area contributed by atoms with E-state index in [1.165, 1.54) is 12.1 Å². The minimum atomic E-state index is -1.09. The Morgan fingerprint density at radius 1 is 1.57 bits per heavy atom. The van der Waals surface area contributed by atoms with E-state index >= 15 is 0 Å². The Labute approximate surface area is 128 Å². The third-order valence-electron chi connectivity index (χ3n) is 3.83. The minimum absolute atomic E-state index is 0.0654. The predicted molar refractivity (Wildman–Crippen MR) is 77.5 cm³/mol. The Bertz CT molecular complexity index is 564. The highest BCUT2D eigenvalue weighted by Crippen LogP contribution is 2.35. The van der Waals surface area contributed by atoms with Gasteiger partial charge in [-0.05, 0) is 31.7 Å². The van der Waals surface area contributed by atoms with Gasteiger partial charge in [-0.2, -0.15) is 5.26 Å². The number of ketones is 1. The van der Waals surface area contributed by atoms with Gasteiger partial charge in [-0.1, -0.05) is 23.7 Å². The van der Waals surface area contributed by atoms with Crippen molar-refractivity contribution in [1.82, 2.24) is 0 Å². The number of nitriles is 1. The molecule has 1 unspecified atom stereocenters. The Kier molecular flexibility index (Phi) is 5.33. The third kappa shape index (κ3) is 3.61. The lowest BCUT2D eigenvalue weighted by atomic mass is 9.77. The number of carbonyl (C=O) groups is 1. The molecule has 1 atom stereocenters. The van der Waals surface area contributed by atoms with Gasteiger partial charge in [0.2, 0.25) is 0 Å². The second-order valence-corrected chi connectivity index (χ2v) is 5.70. The number of benzene rings is 1. The van der Waals surface area contributed by atoms with E-state index in [0.29, 0.717) is 6.61 Å². The molecule has 1 aliphatic rings. The summed E-state index contributed by atoms with van der Waals surface area (Å²) in [5.74, 6) is -1.79. The van der Waals surface area contributed by atoms with Crippen LogP contribution in [0, 0.1) is 23.1 Å². The number of halogens is 2. The summed E-state index contributed by atoms with van der Waals surface area (Å²) >= 11 is 5.71. The highest BCUT2D eigenvalue weighted by Gasteiger charge is 2.34. The maximum Gasteiger partial charge on any atom is 0.154 e. The fourth-order valence-electron chi connectivity index (χ4n) is 2.67. The SMILES string of the molecule is CCOC1CC(CC(=O)C(C#N)c2cccc(Cl)c2F)C1. The summed E-state index contributed by atoms with van der Waals surface area (Å²) in [5, 5.41) is 9.13. The molecule has 0 heterocycles. The fourth-order valence-corrected chi connectivity index (χ4v) is 2.86. The van der Waals surface area contributed by atoms with Crippen LogP contribution < -0.4 is 0 Å². The van der Waals surface area contributed by atoms with Gasteiger partial charge in [0.05, 0.1) is 17.2 Å². The molecular weight excluding hydrogens is 293 g/mol. The van der Waals surface area contributed by atoms with Gasteiger partial charge in [-0.3, -0.25) is 4.79 Å². The van der Waals surface area contributed by atoms with Crippen LogP contribution in [0.5, 0.6) is 0 Å². The summed E-state index contributed by atoms with van der Waals surface area (Å²) < 4.78 is 19.4. The Balaban J connectivity index is 2.00. The lowest BCUT2D eigenvalue weighted by molar-refractivity contribution is -0.122. The van der Waals surface area contributed by atoms with Crippen molar-refractivity contribution < 1.29 is 13.9 Å². The molecule has 0 saturated heterocycles. The van der Waals surface area contributed by atoms with Gasteiger partial charge in [-0.25, -0.2) is 4.39 Å². The Morgan fingerprint density at radius 3 is 2.90 bits per heavy atom. The molecule has 0 N–H and O–H groups in total. The second-order valence-electron chi connectivity index (χ2n) is 5.29. The molecule has 1 aromatic rings. The quantitative estimate of drug-likeness (QED) is 0.801. The van der Waals surface area contributed by atoms with Crippen molar-refractivity contribution in [1.29, 1.82) is 5.26 Å². The molecule has 0 spiro atoms. The van der Waals surface area contributed by atoms with Crippen molar-refractivity contribution in [3.63, 3.8) is 0 Å². The van der Waals surface area contributed by atoms with E-state index in [2.05, 4.69) is 0 Å². The van der Waals surface area contributed by atoms with Gasteiger partial charge in [0.1, 0.15) is 11.7 Å². The number of Topliss-reactive ketones (excluding diaryl/α,β-unsaturated/α-hetero) is 1. The van der Waals surface area contributed by atoms with Crippen molar-refractivity contribution in [3.05, 3.63) is 34.6 Å². The fraction of sp³-hybridized carbons (Fsp3) is 0.500. The topological polar surface area (TPSA) is 50.1 Å². The smallest absolute Gasteiger partial charge is 0.154 e. The van der Waals surface area contributed by atoms with Crippen LogP contribution in [0.3, 0.4) is 0 Å². The molecule has 3 nitrogen and oxygen atoms in total. The van der Waals surface area contributed by atoms with Crippen LogP contribution in [0.4, 0.5) is 4.39 Å². The average Bonchev–Trinajstić information content (AvgIpc) is 2.42. The van der Waals surface area contributed by atoms with Crippen LogP contribution >= 0.6 is 11.6 Å². The molecule has 0 bridgehead atoms. The first-order chi connectivity index (χ1) is 10.1. The van der Waals surface area contributed by atoms with Crippen molar-refractivity contribution in [2.45, 2.75) is 38.2 Å². The predicted octanol–water partition coefficient (Wildman–Crippen LogP) is 3.86. The van der Waals surface area contributed by atoms with Gasteiger partial charge in [-0.15, -0.1) is 0 Å². The van der Waals surface area contributed by atoms with Crippen molar-refractivity contribution in [2.75, 3.05) is 6.61 Å². The van der Waals surface area contributed by atoms with Crippen LogP contribution in [0.25, 0.3) is 0 Å². The summed E-state index contributed by atoms with van der Waals surface area (Å²) in [7, 11) is 0. The van der Waals surface area contributed by atoms with Crippen LogP contribution in [-0.2, 0) is 9.53 Å². The second kappa shape index (κ2) is 7.02. The highest BCUT2D eigenvalue weighted by atomic mass is 35.5. The molecule has 2 rings (SSSR count). The summed E-state index contributed by atoms with van der Waals surface area (Å²) in [4.78, 5) is 12.2.